The molecule has 96 valence electrons. The molecule has 0 atom stereocenters. The maximum absolute atomic E-state index is 12.0. The third-order valence-electron chi connectivity index (χ3n) is 1.88. The second-order valence-electron chi connectivity index (χ2n) is 2.99. The Morgan fingerprint density at radius 1 is 1.44 bits per heavy atom. The lowest BCUT2D eigenvalue weighted by atomic mass is 10.1. The van der Waals surface area contributed by atoms with Crippen LogP contribution in [0.4, 0.5) is 13.2 Å². The Labute approximate surface area is 99.0 Å². The summed E-state index contributed by atoms with van der Waals surface area (Å²) in [4.78, 5) is 11.2. The van der Waals surface area contributed by atoms with E-state index in [0.717, 1.165) is 19.2 Å². The number of carbonyl (C=O) groups excluding carboxylic acids is 1. The van der Waals surface area contributed by atoms with Crippen LogP contribution in [0, 0.1) is 11.3 Å². The van der Waals surface area contributed by atoms with Crippen molar-refractivity contribution in [2.75, 3.05) is 7.11 Å². The molecular formula is C10H6F3NO4. The van der Waals surface area contributed by atoms with Gasteiger partial charge in [0, 0.05) is 0 Å². The van der Waals surface area contributed by atoms with E-state index in [1.165, 1.54) is 6.07 Å². The number of rotatable bonds is 2. The van der Waals surface area contributed by atoms with Crippen molar-refractivity contribution in [3.63, 3.8) is 0 Å². The molecule has 1 aromatic rings. The zero-order chi connectivity index (χ0) is 13.9. The van der Waals surface area contributed by atoms with Crippen LogP contribution in [-0.4, -0.2) is 24.5 Å². The quantitative estimate of drug-likeness (QED) is 0.823. The Morgan fingerprint density at radius 2 is 2.06 bits per heavy atom. The molecule has 5 nitrogen and oxygen atoms in total. The molecule has 1 rings (SSSR count). The number of benzene rings is 1. The monoisotopic (exact) mass is 261 g/mol. The summed E-state index contributed by atoms with van der Waals surface area (Å²) in [5.74, 6) is -3.00. The van der Waals surface area contributed by atoms with Crippen LogP contribution in [0.2, 0.25) is 0 Å². The Hall–Kier alpha value is -2.43. The average molecular weight is 261 g/mol. The zero-order valence-electron chi connectivity index (χ0n) is 8.91. The van der Waals surface area contributed by atoms with Gasteiger partial charge in [0.15, 0.2) is 11.5 Å². The first kappa shape index (κ1) is 13.6. The van der Waals surface area contributed by atoms with E-state index in [-0.39, 0.29) is 5.56 Å². The van der Waals surface area contributed by atoms with Crippen LogP contribution >= 0.6 is 0 Å². The highest BCUT2D eigenvalue weighted by Gasteiger charge is 2.33. The fourth-order valence-electron chi connectivity index (χ4n) is 1.17. The molecule has 0 spiro atoms. The number of aromatic hydroxyl groups is 1. The van der Waals surface area contributed by atoms with Crippen molar-refractivity contribution >= 4 is 5.97 Å². The van der Waals surface area contributed by atoms with Gasteiger partial charge >= 0.3 is 12.3 Å². The molecule has 0 aliphatic carbocycles. The van der Waals surface area contributed by atoms with Crippen LogP contribution in [0.1, 0.15) is 15.9 Å². The van der Waals surface area contributed by atoms with Gasteiger partial charge in [-0.25, -0.2) is 4.79 Å². The SMILES string of the molecule is COC(=O)c1ccc(OC(F)(F)F)c(O)c1C#N. The van der Waals surface area contributed by atoms with Crippen LogP contribution in [0.25, 0.3) is 0 Å². The summed E-state index contributed by atoms with van der Waals surface area (Å²) in [6.07, 6.45) is -5.02. The number of alkyl halides is 3. The molecule has 0 fully saturated rings. The Kier molecular flexibility index (Phi) is 3.66. The maximum atomic E-state index is 12.0. The zero-order valence-corrected chi connectivity index (χ0v) is 8.91. The van der Waals surface area contributed by atoms with Gasteiger partial charge in [0.25, 0.3) is 0 Å². The Bertz CT molecular complexity index is 519. The molecule has 0 aliphatic heterocycles. The lowest BCUT2D eigenvalue weighted by Gasteiger charge is -2.12. The van der Waals surface area contributed by atoms with Crippen molar-refractivity contribution in [1.82, 2.24) is 0 Å². The first-order chi connectivity index (χ1) is 8.30. The highest BCUT2D eigenvalue weighted by Crippen LogP contribution is 2.35. The van der Waals surface area contributed by atoms with Crippen molar-refractivity contribution in [2.45, 2.75) is 6.36 Å². The number of ether oxygens (including phenoxy) is 2. The van der Waals surface area contributed by atoms with Crippen LogP contribution < -0.4 is 4.74 Å². The fourth-order valence-corrected chi connectivity index (χ4v) is 1.17. The van der Waals surface area contributed by atoms with Crippen molar-refractivity contribution < 1.29 is 32.5 Å². The van der Waals surface area contributed by atoms with Crippen molar-refractivity contribution in [2.24, 2.45) is 0 Å². The summed E-state index contributed by atoms with van der Waals surface area (Å²) in [5.41, 5.74) is -1.00. The number of phenolic OH excluding ortho intramolecular Hbond substituents is 1. The Morgan fingerprint density at radius 3 is 2.50 bits per heavy atom. The van der Waals surface area contributed by atoms with Gasteiger partial charge in [-0.15, -0.1) is 13.2 Å². The van der Waals surface area contributed by atoms with E-state index in [1.54, 1.807) is 0 Å². The normalized spacial score (nSPS) is 10.6. The second kappa shape index (κ2) is 4.83. The van der Waals surface area contributed by atoms with Crippen LogP contribution in [0.15, 0.2) is 12.1 Å². The summed E-state index contributed by atoms with van der Waals surface area (Å²) in [5, 5.41) is 18.1. The number of nitrogens with zero attached hydrogens (tertiary/aromatic N) is 1. The van der Waals surface area contributed by atoms with E-state index in [4.69, 9.17) is 5.26 Å². The predicted molar refractivity (Wildman–Crippen MR) is 50.8 cm³/mol. The maximum Gasteiger partial charge on any atom is 0.573 e. The van der Waals surface area contributed by atoms with Crippen LogP contribution in [0.5, 0.6) is 11.5 Å². The van der Waals surface area contributed by atoms with Crippen molar-refractivity contribution in [3.05, 3.63) is 23.3 Å². The molecule has 0 amide bonds. The molecule has 0 aromatic heterocycles. The van der Waals surface area contributed by atoms with Gasteiger partial charge in [0.2, 0.25) is 0 Å². The highest BCUT2D eigenvalue weighted by molar-refractivity contribution is 5.93. The molecule has 8 heteroatoms. The molecule has 1 aromatic carbocycles. The minimum Gasteiger partial charge on any atom is -0.503 e. The number of carbonyl (C=O) groups is 1. The molecular weight excluding hydrogens is 255 g/mol. The molecule has 0 unspecified atom stereocenters. The number of hydrogen-bond acceptors (Lipinski definition) is 5. The van der Waals surface area contributed by atoms with Gasteiger partial charge in [-0.05, 0) is 12.1 Å². The number of halogens is 3. The molecule has 1 N–H and O–H groups in total. The number of nitriles is 1. The van der Waals surface area contributed by atoms with Gasteiger partial charge in [0.1, 0.15) is 11.6 Å². The molecule has 0 aliphatic rings. The Balaban J connectivity index is 3.30. The van der Waals surface area contributed by atoms with Crippen molar-refractivity contribution in [3.8, 4) is 17.6 Å². The summed E-state index contributed by atoms with van der Waals surface area (Å²) in [6.45, 7) is 0. The number of hydrogen-bond donors (Lipinski definition) is 1. The third kappa shape index (κ3) is 2.82. The molecule has 0 saturated heterocycles. The van der Waals surface area contributed by atoms with Gasteiger partial charge in [-0.1, -0.05) is 0 Å². The van der Waals surface area contributed by atoms with E-state index in [1.807, 2.05) is 0 Å². The minimum atomic E-state index is -5.02. The van der Waals surface area contributed by atoms with Gasteiger partial charge < -0.3 is 14.6 Å². The standard InChI is InChI=1S/C10H6F3NO4/c1-17-9(16)5-2-3-7(18-10(11,12)13)8(15)6(5)4-14/h2-3,15H,1H3. The van der Waals surface area contributed by atoms with E-state index >= 15 is 0 Å². The number of esters is 1. The topological polar surface area (TPSA) is 79.6 Å². The lowest BCUT2D eigenvalue weighted by molar-refractivity contribution is -0.275. The smallest absolute Gasteiger partial charge is 0.503 e. The van der Waals surface area contributed by atoms with Crippen molar-refractivity contribution in [1.29, 1.82) is 5.26 Å². The second-order valence-corrected chi connectivity index (χ2v) is 2.99. The largest absolute Gasteiger partial charge is 0.573 e. The van der Waals surface area contributed by atoms with E-state index in [2.05, 4.69) is 9.47 Å². The van der Waals surface area contributed by atoms with Crippen LogP contribution in [-0.2, 0) is 4.74 Å². The summed E-state index contributed by atoms with van der Waals surface area (Å²) >= 11 is 0. The molecule has 0 heterocycles. The first-order valence-electron chi connectivity index (χ1n) is 4.40. The van der Waals surface area contributed by atoms with Gasteiger partial charge in [0.05, 0.1) is 12.7 Å². The average Bonchev–Trinajstić information content (AvgIpc) is 2.28. The van der Waals surface area contributed by atoms with E-state index in [9.17, 15) is 23.1 Å². The number of methoxy groups -OCH3 is 1. The summed E-state index contributed by atoms with van der Waals surface area (Å²) < 4.78 is 43.7. The summed E-state index contributed by atoms with van der Waals surface area (Å²) in [7, 11) is 1.03. The summed E-state index contributed by atoms with van der Waals surface area (Å²) in [6, 6.07) is 3.02. The number of phenols is 1. The minimum absolute atomic E-state index is 0.355. The third-order valence-corrected chi connectivity index (χ3v) is 1.88. The molecule has 0 saturated carbocycles. The van der Waals surface area contributed by atoms with E-state index < -0.39 is 29.4 Å². The van der Waals surface area contributed by atoms with Gasteiger partial charge in [-0.3, -0.25) is 0 Å². The lowest BCUT2D eigenvalue weighted by Crippen LogP contribution is -2.17. The van der Waals surface area contributed by atoms with E-state index in [0.29, 0.717) is 0 Å². The van der Waals surface area contributed by atoms with Crippen LogP contribution in [0.3, 0.4) is 0 Å². The first-order valence-corrected chi connectivity index (χ1v) is 4.40. The molecule has 18 heavy (non-hydrogen) atoms. The predicted octanol–water partition coefficient (Wildman–Crippen LogP) is 1.95. The highest BCUT2D eigenvalue weighted by atomic mass is 19.4. The fraction of sp³-hybridized carbons (Fsp3) is 0.200. The van der Waals surface area contributed by atoms with Gasteiger partial charge in [-0.2, -0.15) is 5.26 Å². The molecule has 0 radical (unpaired) electrons. The molecule has 0 bridgehead atoms.